The molecule has 0 radical (unpaired) electrons. The van der Waals surface area contributed by atoms with Crippen LogP contribution in [0, 0.1) is 0 Å². The van der Waals surface area contributed by atoms with Gasteiger partial charge in [0.2, 0.25) is 0 Å². The Bertz CT molecular complexity index is 1760. The summed E-state index contributed by atoms with van der Waals surface area (Å²) in [6.07, 6.45) is 5.68. The van der Waals surface area contributed by atoms with Gasteiger partial charge in [-0.25, -0.2) is 19.2 Å². The molecule has 0 aliphatic carbocycles. The van der Waals surface area contributed by atoms with Crippen LogP contribution in [0.3, 0.4) is 0 Å². The van der Waals surface area contributed by atoms with Crippen LogP contribution in [0.2, 0.25) is 0 Å². The van der Waals surface area contributed by atoms with E-state index in [4.69, 9.17) is 10.5 Å². The number of para-hydroxylation sites is 1. The zero-order valence-electron chi connectivity index (χ0n) is 21.1. The molecule has 2 aliphatic rings. The Kier molecular flexibility index (Phi) is 5.51. The summed E-state index contributed by atoms with van der Waals surface area (Å²) in [5, 5.41) is 7.24. The number of carbonyl (C=O) groups excluding carboxylic acids is 1. The molecule has 2 aliphatic heterocycles. The van der Waals surface area contributed by atoms with Gasteiger partial charge in [-0.05, 0) is 49.6 Å². The van der Waals surface area contributed by atoms with Gasteiger partial charge in [0, 0.05) is 29.8 Å². The van der Waals surface area contributed by atoms with Crippen LogP contribution >= 0.6 is 0 Å². The van der Waals surface area contributed by atoms with Gasteiger partial charge in [-0.1, -0.05) is 18.2 Å². The van der Waals surface area contributed by atoms with E-state index >= 15 is 0 Å². The van der Waals surface area contributed by atoms with Crippen LogP contribution in [0.15, 0.2) is 65.8 Å². The van der Waals surface area contributed by atoms with Crippen LogP contribution in [-0.4, -0.2) is 48.1 Å². The molecular weight excluding hydrogens is 496 g/mol. The number of nitrogens with zero attached hydrogens (tertiary/aromatic N) is 6. The molecule has 4 aromatic heterocycles. The van der Waals surface area contributed by atoms with Crippen molar-refractivity contribution in [3.63, 3.8) is 0 Å². The molecule has 3 N–H and O–H groups in total. The number of nitrogens with two attached hydrogens (primary N) is 1. The summed E-state index contributed by atoms with van der Waals surface area (Å²) < 4.78 is 10.7. The highest BCUT2D eigenvalue weighted by atomic mass is 16.5. The molecule has 1 fully saturated rings. The molecular formula is C28H26N8O3. The van der Waals surface area contributed by atoms with Gasteiger partial charge in [0.1, 0.15) is 23.2 Å². The predicted molar refractivity (Wildman–Crippen MR) is 145 cm³/mol. The number of nitrogen functional groups attached to an aromatic ring is 1. The molecule has 1 aromatic carbocycles. The Morgan fingerprint density at radius 1 is 1.08 bits per heavy atom. The van der Waals surface area contributed by atoms with E-state index in [1.807, 2.05) is 51.7 Å². The standard InChI is InChI=1S/C28H26N8O3/c29-26-25-20(12-22(18-14-39-15-18)35(25)32-16-31-26)17-9-10-23(30-13-17)33-27(37)24-21-8-4-5-11-34(21)36(28(24)38)19-6-2-1-3-7-19/h1-3,6-7,9-10,12-13,16,18H,4-5,8,11,14-15H2,(H2,29,31,32)(H,30,33,37). The van der Waals surface area contributed by atoms with E-state index in [0.717, 1.165) is 41.0 Å². The third-order valence-corrected chi connectivity index (χ3v) is 7.49. The number of pyridine rings is 1. The van der Waals surface area contributed by atoms with Crippen LogP contribution in [0.4, 0.5) is 11.6 Å². The minimum atomic E-state index is -0.459. The number of hydrogen-bond donors (Lipinski definition) is 2. The molecule has 0 bridgehead atoms. The summed E-state index contributed by atoms with van der Waals surface area (Å²) in [5.74, 6) is 0.503. The van der Waals surface area contributed by atoms with Gasteiger partial charge in [0.05, 0.1) is 30.3 Å². The first-order valence-corrected chi connectivity index (χ1v) is 13.0. The van der Waals surface area contributed by atoms with Crippen molar-refractivity contribution < 1.29 is 9.53 Å². The quantitative estimate of drug-likeness (QED) is 0.362. The van der Waals surface area contributed by atoms with Crippen molar-refractivity contribution in [1.29, 1.82) is 0 Å². The Morgan fingerprint density at radius 2 is 1.92 bits per heavy atom. The molecule has 0 atom stereocenters. The molecule has 1 saturated heterocycles. The molecule has 11 nitrogen and oxygen atoms in total. The third-order valence-electron chi connectivity index (χ3n) is 7.49. The van der Waals surface area contributed by atoms with Crippen LogP contribution in [0.25, 0.3) is 22.3 Å². The number of anilines is 2. The minimum Gasteiger partial charge on any atom is -0.382 e. The van der Waals surface area contributed by atoms with Crippen LogP contribution in [0.1, 0.15) is 40.5 Å². The lowest BCUT2D eigenvalue weighted by Gasteiger charge is -2.25. The molecule has 0 unspecified atom stereocenters. The lowest BCUT2D eigenvalue weighted by Crippen LogP contribution is -2.26. The van der Waals surface area contributed by atoms with Crippen molar-refractivity contribution in [3.8, 4) is 16.8 Å². The predicted octanol–water partition coefficient (Wildman–Crippen LogP) is 3.03. The monoisotopic (exact) mass is 522 g/mol. The van der Waals surface area contributed by atoms with E-state index in [1.165, 1.54) is 6.33 Å². The SMILES string of the molecule is Nc1ncnn2c(C3COC3)cc(-c3ccc(NC(=O)c4c5n(n(-c6ccccc6)c4=O)CCCC5)nc3)c12. The largest absolute Gasteiger partial charge is 0.382 e. The van der Waals surface area contributed by atoms with Crippen LogP contribution < -0.4 is 16.6 Å². The second-order valence-electron chi connectivity index (χ2n) is 9.86. The van der Waals surface area contributed by atoms with E-state index in [2.05, 4.69) is 20.4 Å². The Morgan fingerprint density at radius 3 is 2.67 bits per heavy atom. The highest BCUT2D eigenvalue weighted by molar-refractivity contribution is 6.04. The molecule has 1 amide bonds. The summed E-state index contributed by atoms with van der Waals surface area (Å²) >= 11 is 0. The molecule has 7 rings (SSSR count). The number of amides is 1. The number of benzene rings is 1. The third kappa shape index (κ3) is 3.81. The fraction of sp³-hybridized carbons (Fsp3) is 0.250. The number of nitrogens with one attached hydrogen (secondary N) is 1. The molecule has 5 aromatic rings. The average molecular weight is 523 g/mol. The van der Waals surface area contributed by atoms with E-state index in [-0.39, 0.29) is 17.0 Å². The van der Waals surface area contributed by atoms with Gasteiger partial charge in [-0.3, -0.25) is 14.3 Å². The Balaban J connectivity index is 1.21. The topological polar surface area (TPSA) is 134 Å². The maximum absolute atomic E-state index is 13.5. The zero-order chi connectivity index (χ0) is 26.5. The van der Waals surface area contributed by atoms with Crippen molar-refractivity contribution in [1.82, 2.24) is 28.9 Å². The first kappa shape index (κ1) is 23.4. The maximum Gasteiger partial charge on any atom is 0.284 e. The van der Waals surface area contributed by atoms with E-state index in [1.54, 1.807) is 16.9 Å². The Labute approximate surface area is 222 Å². The fourth-order valence-corrected chi connectivity index (χ4v) is 5.50. The number of carbonyl (C=O) groups is 1. The summed E-state index contributed by atoms with van der Waals surface area (Å²) in [6, 6.07) is 15.0. The van der Waals surface area contributed by atoms with Crippen molar-refractivity contribution >= 4 is 23.1 Å². The molecule has 196 valence electrons. The molecule has 0 saturated carbocycles. The Hall–Kier alpha value is -4.77. The summed E-state index contributed by atoms with van der Waals surface area (Å²) in [4.78, 5) is 35.6. The van der Waals surface area contributed by atoms with Gasteiger partial charge in [0.15, 0.2) is 5.82 Å². The van der Waals surface area contributed by atoms with Crippen molar-refractivity contribution in [2.24, 2.45) is 0 Å². The average Bonchev–Trinajstić information content (AvgIpc) is 3.44. The summed E-state index contributed by atoms with van der Waals surface area (Å²) in [5.41, 5.74) is 10.9. The van der Waals surface area contributed by atoms with Gasteiger partial charge in [0.25, 0.3) is 11.5 Å². The second-order valence-corrected chi connectivity index (χ2v) is 9.86. The van der Waals surface area contributed by atoms with Crippen molar-refractivity contribution in [2.45, 2.75) is 31.7 Å². The maximum atomic E-state index is 13.5. The van der Waals surface area contributed by atoms with Crippen molar-refractivity contribution in [3.05, 3.63) is 88.4 Å². The van der Waals surface area contributed by atoms with Gasteiger partial charge in [-0.15, -0.1) is 0 Å². The van der Waals surface area contributed by atoms with Gasteiger partial charge in [-0.2, -0.15) is 5.10 Å². The number of ether oxygens (including phenoxy) is 1. The number of hydrogen-bond acceptors (Lipinski definition) is 7. The highest BCUT2D eigenvalue weighted by Gasteiger charge is 2.29. The second kappa shape index (κ2) is 9.21. The molecule has 39 heavy (non-hydrogen) atoms. The van der Waals surface area contributed by atoms with E-state index < -0.39 is 5.91 Å². The molecule has 0 spiro atoms. The van der Waals surface area contributed by atoms with Gasteiger partial charge >= 0.3 is 0 Å². The smallest absolute Gasteiger partial charge is 0.284 e. The van der Waals surface area contributed by atoms with Crippen LogP contribution in [0.5, 0.6) is 0 Å². The lowest BCUT2D eigenvalue weighted by atomic mass is 10.0. The van der Waals surface area contributed by atoms with E-state index in [9.17, 15) is 9.59 Å². The number of aromatic nitrogens is 6. The lowest BCUT2D eigenvalue weighted by molar-refractivity contribution is 0.00605. The molecule has 11 heteroatoms. The normalized spacial score (nSPS) is 15.2. The fourth-order valence-electron chi connectivity index (χ4n) is 5.50. The van der Waals surface area contributed by atoms with Crippen molar-refractivity contribution in [2.75, 3.05) is 24.3 Å². The first-order valence-electron chi connectivity index (χ1n) is 13.0. The summed E-state index contributed by atoms with van der Waals surface area (Å²) in [7, 11) is 0. The van der Waals surface area contributed by atoms with Gasteiger partial charge < -0.3 is 15.8 Å². The summed E-state index contributed by atoms with van der Waals surface area (Å²) in [6.45, 7) is 1.95. The zero-order valence-corrected chi connectivity index (χ0v) is 21.1. The number of fused-ring (bicyclic) bond motifs is 2. The highest BCUT2D eigenvalue weighted by Crippen LogP contribution is 2.35. The number of rotatable bonds is 5. The molecule has 6 heterocycles. The van der Waals surface area contributed by atoms with E-state index in [0.29, 0.717) is 43.3 Å². The first-order chi connectivity index (χ1) is 19.1. The van der Waals surface area contributed by atoms with Crippen LogP contribution in [-0.2, 0) is 17.7 Å². The minimum absolute atomic E-state index is 0.167.